The predicted octanol–water partition coefficient (Wildman–Crippen LogP) is 3.59. The molecular weight excluding hydrogens is 390 g/mol. The zero-order valence-corrected chi connectivity index (χ0v) is 17.6. The molecule has 0 bridgehead atoms. The summed E-state index contributed by atoms with van der Waals surface area (Å²) >= 11 is 5.97. The molecule has 1 fully saturated rings. The summed E-state index contributed by atoms with van der Waals surface area (Å²) in [6, 6.07) is 8.86. The number of carbonyl (C=O) groups excluding carboxylic acids is 1. The van der Waals surface area contributed by atoms with Crippen LogP contribution in [0.4, 0.5) is 0 Å². The number of nitrogens with one attached hydrogen (secondary N) is 1. The van der Waals surface area contributed by atoms with Gasteiger partial charge in [0.05, 0.1) is 5.69 Å². The number of aryl methyl sites for hydroxylation is 1. The summed E-state index contributed by atoms with van der Waals surface area (Å²) in [6.45, 7) is 3.44. The topological polar surface area (TPSA) is 73.2 Å². The summed E-state index contributed by atoms with van der Waals surface area (Å²) in [4.78, 5) is 30.1. The fraction of sp³-hybridized carbons (Fsp3) is 0.500. The highest BCUT2D eigenvalue weighted by atomic mass is 35.5. The van der Waals surface area contributed by atoms with Gasteiger partial charge in [-0.15, -0.1) is 0 Å². The largest absolute Gasteiger partial charge is 0.381 e. The molecule has 1 aromatic heterocycles. The van der Waals surface area contributed by atoms with E-state index in [2.05, 4.69) is 12.2 Å². The van der Waals surface area contributed by atoms with E-state index in [1.807, 2.05) is 12.1 Å². The Balaban J connectivity index is 1.82. The van der Waals surface area contributed by atoms with Crippen LogP contribution in [0.3, 0.4) is 0 Å². The first-order chi connectivity index (χ1) is 14.1. The number of nitrogens with zero attached hydrogens (tertiary/aromatic N) is 2. The molecule has 156 valence electrons. The van der Waals surface area contributed by atoms with Gasteiger partial charge in [-0.25, -0.2) is 4.98 Å². The molecule has 0 atom stereocenters. The van der Waals surface area contributed by atoms with E-state index in [1.54, 1.807) is 12.1 Å². The van der Waals surface area contributed by atoms with E-state index in [1.165, 1.54) is 10.6 Å². The second kappa shape index (κ2) is 10.6. The van der Waals surface area contributed by atoms with Crippen molar-refractivity contribution in [3.63, 3.8) is 0 Å². The predicted molar refractivity (Wildman–Crippen MR) is 114 cm³/mol. The molecule has 0 aliphatic carbocycles. The van der Waals surface area contributed by atoms with E-state index in [9.17, 15) is 9.59 Å². The first-order valence-electron chi connectivity index (χ1n) is 10.3. The van der Waals surface area contributed by atoms with Crippen molar-refractivity contribution in [2.45, 2.75) is 58.0 Å². The first-order valence-corrected chi connectivity index (χ1v) is 10.7. The van der Waals surface area contributed by atoms with Crippen LogP contribution in [0.1, 0.15) is 44.9 Å². The van der Waals surface area contributed by atoms with E-state index < -0.39 is 0 Å². The average Bonchev–Trinajstić information content (AvgIpc) is 2.71. The number of rotatable bonds is 8. The second-order valence-electron chi connectivity index (χ2n) is 7.40. The lowest BCUT2D eigenvalue weighted by Crippen LogP contribution is -2.42. The molecule has 2 heterocycles. The lowest BCUT2D eigenvalue weighted by molar-refractivity contribution is -0.123. The highest BCUT2D eigenvalue weighted by Gasteiger charge is 2.18. The third-order valence-electron chi connectivity index (χ3n) is 5.12. The average molecular weight is 418 g/mol. The minimum atomic E-state index is -0.210. The van der Waals surface area contributed by atoms with Gasteiger partial charge in [-0.3, -0.25) is 14.2 Å². The van der Waals surface area contributed by atoms with Gasteiger partial charge in [0.25, 0.3) is 5.56 Å². The molecule has 6 nitrogen and oxygen atoms in total. The van der Waals surface area contributed by atoms with Crippen molar-refractivity contribution >= 4 is 17.5 Å². The Kier molecular flexibility index (Phi) is 7.83. The number of hydrogen-bond acceptors (Lipinski definition) is 4. The second-order valence-corrected chi connectivity index (χ2v) is 7.84. The molecule has 0 unspecified atom stereocenters. The molecule has 1 saturated heterocycles. The molecule has 1 amide bonds. The van der Waals surface area contributed by atoms with Gasteiger partial charge in [-0.05, 0) is 31.4 Å². The molecule has 1 aliphatic heterocycles. The van der Waals surface area contributed by atoms with Crippen molar-refractivity contribution in [2.24, 2.45) is 0 Å². The monoisotopic (exact) mass is 417 g/mol. The SMILES string of the molecule is CCCCCc1nc(-c2ccc(Cl)cc2)cc(=O)n1CC(=O)NC1CCOCC1. The molecule has 7 heteroatoms. The van der Waals surface area contributed by atoms with Crippen molar-refractivity contribution in [3.8, 4) is 11.3 Å². The van der Waals surface area contributed by atoms with Crippen LogP contribution < -0.4 is 10.9 Å². The van der Waals surface area contributed by atoms with Gasteiger partial charge in [-0.2, -0.15) is 0 Å². The number of halogens is 1. The van der Waals surface area contributed by atoms with Crippen molar-refractivity contribution in [3.05, 3.63) is 51.5 Å². The van der Waals surface area contributed by atoms with E-state index in [0.717, 1.165) is 37.7 Å². The van der Waals surface area contributed by atoms with Gasteiger partial charge in [0, 0.05) is 42.3 Å². The smallest absolute Gasteiger partial charge is 0.254 e. The van der Waals surface area contributed by atoms with Crippen LogP contribution in [0.2, 0.25) is 5.02 Å². The Morgan fingerprint density at radius 2 is 1.97 bits per heavy atom. The quantitative estimate of drug-likeness (QED) is 0.666. The number of carbonyl (C=O) groups is 1. The number of hydrogen-bond donors (Lipinski definition) is 1. The summed E-state index contributed by atoms with van der Waals surface area (Å²) < 4.78 is 6.83. The Hall–Kier alpha value is -2.18. The fourth-order valence-corrected chi connectivity index (χ4v) is 3.60. The van der Waals surface area contributed by atoms with Crippen LogP contribution in [-0.4, -0.2) is 34.7 Å². The number of ether oxygens (including phenoxy) is 1. The molecule has 1 aromatic carbocycles. The summed E-state index contributed by atoms with van der Waals surface area (Å²) in [5.41, 5.74) is 1.24. The molecule has 29 heavy (non-hydrogen) atoms. The van der Waals surface area contributed by atoms with E-state index in [0.29, 0.717) is 36.2 Å². The zero-order valence-electron chi connectivity index (χ0n) is 16.8. The summed E-state index contributed by atoms with van der Waals surface area (Å²) in [7, 11) is 0. The maximum atomic E-state index is 12.9. The molecule has 0 spiro atoms. The molecule has 1 N–H and O–H groups in total. The van der Waals surface area contributed by atoms with Gasteiger partial charge < -0.3 is 10.1 Å². The Labute approximate surface area is 176 Å². The lowest BCUT2D eigenvalue weighted by atomic mass is 10.1. The third kappa shape index (κ3) is 6.15. The normalized spacial score (nSPS) is 14.7. The van der Waals surface area contributed by atoms with Crippen LogP contribution in [0.25, 0.3) is 11.3 Å². The lowest BCUT2D eigenvalue weighted by Gasteiger charge is -2.23. The molecule has 0 radical (unpaired) electrons. The van der Waals surface area contributed by atoms with E-state index in [4.69, 9.17) is 21.3 Å². The molecular formula is C22H28ClN3O3. The van der Waals surface area contributed by atoms with Crippen molar-refractivity contribution in [1.29, 1.82) is 0 Å². The highest BCUT2D eigenvalue weighted by molar-refractivity contribution is 6.30. The zero-order chi connectivity index (χ0) is 20.6. The van der Waals surface area contributed by atoms with Gasteiger partial charge >= 0.3 is 0 Å². The van der Waals surface area contributed by atoms with Crippen molar-refractivity contribution in [1.82, 2.24) is 14.9 Å². The standard InChI is InChI=1S/C22H28ClN3O3/c1-2-3-4-5-20-25-19(16-6-8-17(23)9-7-16)14-22(28)26(20)15-21(27)24-18-10-12-29-13-11-18/h6-9,14,18H,2-5,10-13,15H2,1H3,(H,24,27). The molecule has 0 saturated carbocycles. The summed E-state index contributed by atoms with van der Waals surface area (Å²) in [5.74, 6) is 0.495. The van der Waals surface area contributed by atoms with Crippen LogP contribution in [0, 0.1) is 0 Å². The van der Waals surface area contributed by atoms with Crippen molar-refractivity contribution < 1.29 is 9.53 Å². The maximum absolute atomic E-state index is 12.9. The number of benzene rings is 1. The number of unbranched alkanes of at least 4 members (excludes halogenated alkanes) is 2. The van der Waals surface area contributed by atoms with E-state index >= 15 is 0 Å². The fourth-order valence-electron chi connectivity index (χ4n) is 3.47. The third-order valence-corrected chi connectivity index (χ3v) is 5.37. The van der Waals surface area contributed by atoms with Gasteiger partial charge in [0.15, 0.2) is 0 Å². The molecule has 1 aliphatic rings. The Bertz CT molecular complexity index is 874. The van der Waals surface area contributed by atoms with Crippen LogP contribution in [0.15, 0.2) is 35.1 Å². The van der Waals surface area contributed by atoms with E-state index in [-0.39, 0.29) is 24.1 Å². The molecule has 3 rings (SSSR count). The van der Waals surface area contributed by atoms with Crippen molar-refractivity contribution in [2.75, 3.05) is 13.2 Å². The minimum Gasteiger partial charge on any atom is -0.381 e. The van der Waals surface area contributed by atoms with Crippen LogP contribution >= 0.6 is 11.6 Å². The highest BCUT2D eigenvalue weighted by Crippen LogP contribution is 2.19. The van der Waals surface area contributed by atoms with Gasteiger partial charge in [0.1, 0.15) is 12.4 Å². The Morgan fingerprint density at radius 1 is 1.24 bits per heavy atom. The van der Waals surface area contributed by atoms with Crippen LogP contribution in [0.5, 0.6) is 0 Å². The number of amides is 1. The van der Waals surface area contributed by atoms with Gasteiger partial charge in [0.2, 0.25) is 5.91 Å². The molecule has 2 aromatic rings. The van der Waals surface area contributed by atoms with Crippen LogP contribution in [-0.2, 0) is 22.5 Å². The maximum Gasteiger partial charge on any atom is 0.254 e. The Morgan fingerprint density at radius 3 is 2.66 bits per heavy atom. The summed E-state index contributed by atoms with van der Waals surface area (Å²) in [5, 5.41) is 3.65. The first kappa shape index (κ1) is 21.5. The summed E-state index contributed by atoms with van der Waals surface area (Å²) in [6.07, 6.45) is 5.32. The minimum absolute atomic E-state index is 0.00839. The van der Waals surface area contributed by atoms with Gasteiger partial charge in [-0.1, -0.05) is 43.5 Å². The number of aromatic nitrogens is 2.